The van der Waals surface area contributed by atoms with Crippen molar-refractivity contribution >= 4 is 17.5 Å². The molecular formula is C17H17FN2O3. The highest BCUT2D eigenvalue weighted by molar-refractivity contribution is 6.39. The maximum atomic E-state index is 12.8. The second-order valence-corrected chi connectivity index (χ2v) is 5.09. The summed E-state index contributed by atoms with van der Waals surface area (Å²) in [7, 11) is 0. The number of nitrogens with one attached hydrogen (secondary N) is 2. The van der Waals surface area contributed by atoms with E-state index in [2.05, 4.69) is 10.6 Å². The van der Waals surface area contributed by atoms with E-state index in [0.29, 0.717) is 17.7 Å². The number of benzene rings is 2. The summed E-state index contributed by atoms with van der Waals surface area (Å²) in [4.78, 5) is 23.5. The molecule has 0 aliphatic heterocycles. The molecule has 0 saturated heterocycles. The van der Waals surface area contributed by atoms with Gasteiger partial charge in [-0.2, -0.15) is 0 Å². The van der Waals surface area contributed by atoms with Crippen molar-refractivity contribution in [2.75, 3.05) is 11.9 Å². The van der Waals surface area contributed by atoms with Gasteiger partial charge in [-0.05, 0) is 54.8 Å². The Bertz CT molecular complexity index is 714. The van der Waals surface area contributed by atoms with Crippen molar-refractivity contribution in [1.82, 2.24) is 5.32 Å². The van der Waals surface area contributed by atoms with Gasteiger partial charge in [-0.3, -0.25) is 9.59 Å². The average Bonchev–Trinajstić information content (AvgIpc) is 2.51. The van der Waals surface area contributed by atoms with Crippen molar-refractivity contribution in [1.29, 1.82) is 0 Å². The molecule has 5 nitrogen and oxygen atoms in total. The lowest BCUT2D eigenvalue weighted by Gasteiger charge is -2.09. The van der Waals surface area contributed by atoms with E-state index in [1.807, 2.05) is 0 Å². The van der Waals surface area contributed by atoms with Gasteiger partial charge in [0.05, 0.1) is 0 Å². The van der Waals surface area contributed by atoms with Gasteiger partial charge in [-0.25, -0.2) is 4.39 Å². The lowest BCUT2D eigenvalue weighted by Crippen LogP contribution is -2.36. The number of aromatic hydroxyl groups is 1. The number of hydrogen-bond acceptors (Lipinski definition) is 3. The maximum Gasteiger partial charge on any atom is 0.313 e. The summed E-state index contributed by atoms with van der Waals surface area (Å²) in [5.74, 6) is -1.76. The van der Waals surface area contributed by atoms with Crippen LogP contribution in [0.15, 0.2) is 42.5 Å². The Hall–Kier alpha value is -2.89. The van der Waals surface area contributed by atoms with Crippen LogP contribution in [0.25, 0.3) is 0 Å². The van der Waals surface area contributed by atoms with Crippen LogP contribution in [0.1, 0.15) is 11.1 Å². The smallest absolute Gasteiger partial charge is 0.313 e. The number of carbonyl (C=O) groups excluding carboxylic acids is 2. The van der Waals surface area contributed by atoms with Crippen molar-refractivity contribution in [3.63, 3.8) is 0 Å². The first kappa shape index (κ1) is 16.5. The molecule has 0 saturated carbocycles. The Morgan fingerprint density at radius 3 is 2.43 bits per heavy atom. The number of rotatable bonds is 4. The SMILES string of the molecule is Cc1cc(O)ccc1NC(=O)C(=O)NCCc1ccc(F)cc1. The highest BCUT2D eigenvalue weighted by Crippen LogP contribution is 2.19. The van der Waals surface area contributed by atoms with Gasteiger partial charge < -0.3 is 15.7 Å². The predicted octanol–water partition coefficient (Wildman–Crippen LogP) is 2.14. The van der Waals surface area contributed by atoms with Crippen LogP contribution < -0.4 is 10.6 Å². The standard InChI is InChI=1S/C17H17FN2O3/c1-11-10-14(21)6-7-15(11)20-17(23)16(22)19-9-8-12-2-4-13(18)5-3-12/h2-7,10,21H,8-9H2,1H3,(H,19,22)(H,20,23). The molecule has 2 aromatic carbocycles. The van der Waals surface area contributed by atoms with Crippen LogP contribution in [-0.4, -0.2) is 23.5 Å². The fourth-order valence-corrected chi connectivity index (χ4v) is 2.02. The topological polar surface area (TPSA) is 78.4 Å². The number of amides is 2. The predicted molar refractivity (Wildman–Crippen MR) is 84.6 cm³/mol. The summed E-state index contributed by atoms with van der Waals surface area (Å²) in [5, 5.41) is 14.3. The average molecular weight is 316 g/mol. The lowest BCUT2D eigenvalue weighted by molar-refractivity contribution is -0.136. The third-order valence-corrected chi connectivity index (χ3v) is 3.28. The van der Waals surface area contributed by atoms with Gasteiger partial charge in [-0.1, -0.05) is 12.1 Å². The Kier molecular flexibility index (Phi) is 5.30. The molecule has 0 aliphatic carbocycles. The molecule has 0 aliphatic rings. The Morgan fingerprint density at radius 2 is 1.78 bits per heavy atom. The Morgan fingerprint density at radius 1 is 1.09 bits per heavy atom. The molecule has 2 aromatic rings. The van der Waals surface area contributed by atoms with Crippen LogP contribution in [-0.2, 0) is 16.0 Å². The fraction of sp³-hybridized carbons (Fsp3) is 0.176. The van der Waals surface area contributed by atoms with Crippen molar-refractivity contribution in [2.45, 2.75) is 13.3 Å². The molecular weight excluding hydrogens is 299 g/mol. The van der Waals surface area contributed by atoms with Gasteiger partial charge in [-0.15, -0.1) is 0 Å². The van der Waals surface area contributed by atoms with E-state index in [1.54, 1.807) is 19.1 Å². The number of aryl methyl sites for hydroxylation is 1. The number of anilines is 1. The van der Waals surface area contributed by atoms with Crippen molar-refractivity contribution < 1.29 is 19.1 Å². The molecule has 23 heavy (non-hydrogen) atoms. The van der Waals surface area contributed by atoms with E-state index < -0.39 is 11.8 Å². The first-order chi connectivity index (χ1) is 11.0. The second kappa shape index (κ2) is 7.40. The molecule has 3 N–H and O–H groups in total. The lowest BCUT2D eigenvalue weighted by atomic mass is 10.1. The molecule has 2 rings (SSSR count). The molecule has 0 unspecified atom stereocenters. The zero-order valence-electron chi connectivity index (χ0n) is 12.6. The van der Waals surface area contributed by atoms with E-state index in [4.69, 9.17) is 0 Å². The number of phenols is 1. The van der Waals surface area contributed by atoms with Gasteiger partial charge in [0.2, 0.25) is 0 Å². The van der Waals surface area contributed by atoms with Crippen LogP contribution >= 0.6 is 0 Å². The first-order valence-electron chi connectivity index (χ1n) is 7.09. The third kappa shape index (κ3) is 4.81. The van der Waals surface area contributed by atoms with E-state index in [9.17, 15) is 19.1 Å². The normalized spacial score (nSPS) is 10.2. The zero-order chi connectivity index (χ0) is 16.8. The summed E-state index contributed by atoms with van der Waals surface area (Å²) >= 11 is 0. The largest absolute Gasteiger partial charge is 0.508 e. The summed E-state index contributed by atoms with van der Waals surface area (Å²) in [5.41, 5.74) is 1.97. The highest BCUT2D eigenvalue weighted by atomic mass is 19.1. The number of phenolic OH excluding ortho intramolecular Hbond substituents is 1. The minimum absolute atomic E-state index is 0.0873. The molecule has 0 bridgehead atoms. The van der Waals surface area contributed by atoms with E-state index in [1.165, 1.54) is 30.3 Å². The Labute approximate surface area is 133 Å². The van der Waals surface area contributed by atoms with E-state index in [-0.39, 0.29) is 18.1 Å². The van der Waals surface area contributed by atoms with Crippen LogP contribution in [0.5, 0.6) is 5.75 Å². The maximum absolute atomic E-state index is 12.8. The third-order valence-electron chi connectivity index (χ3n) is 3.28. The summed E-state index contributed by atoms with van der Waals surface area (Å²) < 4.78 is 12.8. The molecule has 0 aromatic heterocycles. The molecule has 0 fully saturated rings. The molecule has 6 heteroatoms. The number of halogens is 1. The molecule has 0 atom stereocenters. The second-order valence-electron chi connectivity index (χ2n) is 5.09. The van der Waals surface area contributed by atoms with Crippen LogP contribution in [0.2, 0.25) is 0 Å². The molecule has 0 radical (unpaired) electrons. The fourth-order valence-electron chi connectivity index (χ4n) is 2.02. The summed E-state index contributed by atoms with van der Waals surface area (Å²) in [6.07, 6.45) is 0.498. The van der Waals surface area contributed by atoms with E-state index >= 15 is 0 Å². The molecule has 0 spiro atoms. The van der Waals surface area contributed by atoms with Crippen molar-refractivity contribution in [3.8, 4) is 5.75 Å². The molecule has 120 valence electrons. The number of carbonyl (C=O) groups is 2. The van der Waals surface area contributed by atoms with Gasteiger partial charge in [0.25, 0.3) is 0 Å². The first-order valence-corrected chi connectivity index (χ1v) is 7.09. The Balaban J connectivity index is 1.83. The van der Waals surface area contributed by atoms with E-state index in [0.717, 1.165) is 5.56 Å². The van der Waals surface area contributed by atoms with Crippen LogP contribution in [0.4, 0.5) is 10.1 Å². The number of hydrogen-bond donors (Lipinski definition) is 3. The van der Waals surface area contributed by atoms with Crippen LogP contribution in [0, 0.1) is 12.7 Å². The quantitative estimate of drug-likeness (QED) is 0.597. The monoisotopic (exact) mass is 316 g/mol. The minimum atomic E-state index is -0.780. The zero-order valence-corrected chi connectivity index (χ0v) is 12.6. The minimum Gasteiger partial charge on any atom is -0.508 e. The van der Waals surface area contributed by atoms with Crippen molar-refractivity contribution in [2.24, 2.45) is 0 Å². The van der Waals surface area contributed by atoms with Gasteiger partial charge in [0.1, 0.15) is 11.6 Å². The van der Waals surface area contributed by atoms with Crippen molar-refractivity contribution in [3.05, 3.63) is 59.4 Å². The highest BCUT2D eigenvalue weighted by Gasteiger charge is 2.14. The summed E-state index contributed by atoms with van der Waals surface area (Å²) in [6, 6.07) is 10.4. The van der Waals surface area contributed by atoms with Gasteiger partial charge in [0, 0.05) is 12.2 Å². The van der Waals surface area contributed by atoms with Gasteiger partial charge >= 0.3 is 11.8 Å². The van der Waals surface area contributed by atoms with Gasteiger partial charge in [0.15, 0.2) is 0 Å². The summed E-state index contributed by atoms with van der Waals surface area (Å²) in [6.45, 7) is 1.98. The van der Waals surface area contributed by atoms with Crippen LogP contribution in [0.3, 0.4) is 0 Å². The molecule has 2 amide bonds. The molecule has 0 heterocycles.